The first-order chi connectivity index (χ1) is 33.7. The third-order valence-electron chi connectivity index (χ3n) is 11.9. The number of fused-ring (bicyclic) bond motifs is 9. The number of furan rings is 1. The zero-order valence-corrected chi connectivity index (χ0v) is 33.4. The molecule has 13 aromatic rings. The van der Waals surface area contributed by atoms with E-state index in [1.807, 2.05) is 133 Å². The molecule has 0 radical (unpaired) electrons. The van der Waals surface area contributed by atoms with Crippen molar-refractivity contribution in [3.63, 3.8) is 0 Å². The molecule has 0 atom stereocenters. The maximum absolute atomic E-state index is 9.43. The Morgan fingerprint density at radius 3 is 1.81 bits per heavy atom. The van der Waals surface area contributed by atoms with Crippen LogP contribution in [-0.4, -0.2) is 24.1 Å². The number of benzene rings is 9. The van der Waals surface area contributed by atoms with Gasteiger partial charge in [0.15, 0.2) is 17.5 Å². The van der Waals surface area contributed by atoms with Crippen molar-refractivity contribution in [1.82, 2.24) is 24.1 Å². The monoisotopic (exact) mass is 811 g/mol. The Hall–Kier alpha value is -8.61. The second-order valence-electron chi connectivity index (χ2n) is 15.5. The average Bonchev–Trinajstić information content (AvgIpc) is 4.07. The molecular weight excluding hydrogens is 771 g/mol. The van der Waals surface area contributed by atoms with Gasteiger partial charge >= 0.3 is 0 Å². The molecule has 0 aliphatic carbocycles. The van der Waals surface area contributed by atoms with Crippen molar-refractivity contribution in [2.75, 3.05) is 0 Å². The number of hydrogen-bond acceptors (Lipinski definition) is 4. The van der Waals surface area contributed by atoms with Gasteiger partial charge in [0.2, 0.25) is 0 Å². The molecule has 63 heavy (non-hydrogen) atoms. The topological polar surface area (TPSA) is 61.7 Å². The van der Waals surface area contributed by atoms with E-state index >= 15 is 0 Å². The van der Waals surface area contributed by atoms with Crippen LogP contribution >= 0.6 is 0 Å². The fourth-order valence-electron chi connectivity index (χ4n) is 9.20. The number of para-hydroxylation sites is 6. The van der Waals surface area contributed by atoms with E-state index in [1.54, 1.807) is 4.57 Å². The van der Waals surface area contributed by atoms with Crippen molar-refractivity contribution in [1.29, 1.82) is 0 Å². The summed E-state index contributed by atoms with van der Waals surface area (Å²) >= 11 is 0. The zero-order chi connectivity index (χ0) is 46.7. The molecule has 0 bridgehead atoms. The molecule has 0 aliphatic rings. The van der Waals surface area contributed by atoms with Gasteiger partial charge in [0.1, 0.15) is 11.2 Å². The van der Waals surface area contributed by atoms with Crippen LogP contribution < -0.4 is 0 Å². The zero-order valence-electron chi connectivity index (χ0n) is 39.4. The molecule has 0 N–H and O–H groups in total. The second-order valence-corrected chi connectivity index (χ2v) is 15.5. The van der Waals surface area contributed by atoms with E-state index in [1.165, 1.54) is 12.1 Å². The summed E-state index contributed by atoms with van der Waals surface area (Å²) in [7, 11) is 0. The van der Waals surface area contributed by atoms with Crippen LogP contribution in [0.1, 0.15) is 8.22 Å². The minimum absolute atomic E-state index is 0.0777. The summed E-state index contributed by atoms with van der Waals surface area (Å²) in [5.41, 5.74) is 8.92. The van der Waals surface area contributed by atoms with Crippen LogP contribution in [-0.2, 0) is 0 Å². The summed E-state index contributed by atoms with van der Waals surface area (Å²) in [5, 5.41) is 4.20. The lowest BCUT2D eigenvalue weighted by Gasteiger charge is -2.17. The highest BCUT2D eigenvalue weighted by atomic mass is 16.3. The van der Waals surface area contributed by atoms with Crippen molar-refractivity contribution in [3.05, 3.63) is 212 Å². The molecule has 0 aliphatic heterocycles. The van der Waals surface area contributed by atoms with E-state index < -0.39 is 0 Å². The van der Waals surface area contributed by atoms with Crippen LogP contribution in [0.15, 0.2) is 217 Å². The Balaban J connectivity index is 1.15. The molecule has 0 unspecified atom stereocenters. The van der Waals surface area contributed by atoms with Gasteiger partial charge in [0.05, 0.1) is 36.0 Å². The van der Waals surface area contributed by atoms with Gasteiger partial charge in [-0.15, -0.1) is 0 Å². The lowest BCUT2D eigenvalue weighted by atomic mass is 9.99. The van der Waals surface area contributed by atoms with E-state index in [0.29, 0.717) is 34.3 Å². The maximum atomic E-state index is 9.43. The van der Waals surface area contributed by atoms with Crippen molar-refractivity contribution in [2.24, 2.45) is 0 Å². The lowest BCUT2D eigenvalue weighted by Crippen LogP contribution is -2.04. The van der Waals surface area contributed by atoms with Gasteiger partial charge < -0.3 is 13.6 Å². The quantitative estimate of drug-likeness (QED) is 0.168. The third kappa shape index (κ3) is 5.48. The summed E-state index contributed by atoms with van der Waals surface area (Å²) in [5.74, 6) is 1.14. The fourth-order valence-corrected chi connectivity index (χ4v) is 9.20. The van der Waals surface area contributed by atoms with Crippen molar-refractivity contribution in [3.8, 4) is 56.7 Å². The molecule has 6 heteroatoms. The Morgan fingerprint density at radius 1 is 0.397 bits per heavy atom. The summed E-state index contributed by atoms with van der Waals surface area (Å²) in [6.45, 7) is 0. The summed E-state index contributed by atoms with van der Waals surface area (Å²) in [6.07, 6.45) is 0. The number of rotatable bonds is 6. The molecule has 9 aromatic carbocycles. The summed E-state index contributed by atoms with van der Waals surface area (Å²) < 4.78 is 65.2. The van der Waals surface area contributed by atoms with Gasteiger partial charge in [-0.3, -0.25) is 0 Å². The molecule has 294 valence electrons. The van der Waals surface area contributed by atoms with E-state index in [4.69, 9.17) is 22.1 Å². The Bertz CT molecular complexity index is 4210. The molecular formula is C57H35N5O. The smallest absolute Gasteiger partial charge is 0.166 e. The largest absolute Gasteiger partial charge is 0.455 e. The lowest BCUT2D eigenvalue weighted by molar-refractivity contribution is 0.670. The first-order valence-electron chi connectivity index (χ1n) is 23.7. The normalized spacial score (nSPS) is 13.1. The van der Waals surface area contributed by atoms with Crippen LogP contribution in [0.25, 0.3) is 122 Å². The standard InChI is InChI=1S/C57H35N5O/c1-3-17-36(18-4-1)55-58-56(60-57(59-55)46-27-16-31-50-53(46)44-24-9-13-30-49(44)61(50)38-19-5-2-6-20-38)45-34-33-37(39-25-15-26-43-42-23-10-14-32-52(42)63-54(39)43)35-51(45)62-47-28-11-7-21-40(47)41-22-8-12-29-48(41)62/h1-35H/i7D,8D,21D,22D,28D,29D. The molecule has 6 nitrogen and oxygen atoms in total. The van der Waals surface area contributed by atoms with Crippen LogP contribution in [0, 0.1) is 0 Å². The highest BCUT2D eigenvalue weighted by molar-refractivity contribution is 6.16. The van der Waals surface area contributed by atoms with Gasteiger partial charge in [0.25, 0.3) is 0 Å². The Kier molecular flexibility index (Phi) is 6.56. The van der Waals surface area contributed by atoms with Crippen molar-refractivity contribution < 1.29 is 12.6 Å². The maximum Gasteiger partial charge on any atom is 0.166 e. The van der Waals surface area contributed by atoms with E-state index in [9.17, 15) is 5.48 Å². The average molecular weight is 812 g/mol. The predicted molar refractivity (Wildman–Crippen MR) is 258 cm³/mol. The van der Waals surface area contributed by atoms with Crippen LogP contribution in [0.3, 0.4) is 0 Å². The van der Waals surface area contributed by atoms with Gasteiger partial charge in [-0.05, 0) is 60.1 Å². The fraction of sp³-hybridized carbons (Fsp3) is 0. The predicted octanol–water partition coefficient (Wildman–Crippen LogP) is 14.6. The highest BCUT2D eigenvalue weighted by Gasteiger charge is 2.23. The van der Waals surface area contributed by atoms with E-state index in [2.05, 4.69) is 34.9 Å². The first-order valence-corrected chi connectivity index (χ1v) is 20.7. The van der Waals surface area contributed by atoms with E-state index in [0.717, 1.165) is 66.1 Å². The van der Waals surface area contributed by atoms with E-state index in [-0.39, 0.29) is 58.1 Å². The molecule has 0 saturated heterocycles. The number of nitrogens with zero attached hydrogens (tertiary/aromatic N) is 5. The van der Waals surface area contributed by atoms with Gasteiger partial charge in [-0.1, -0.05) is 158 Å². The Morgan fingerprint density at radius 2 is 1.02 bits per heavy atom. The molecule has 4 aromatic heterocycles. The SMILES string of the molecule is [2H]c1cc([2H])c2c(c1[2H])c1c([2H])c([2H])cc([2H])c1n2-c1cc(-c2cccc3c2oc2ccccc23)ccc1-c1nc(-c2ccccc2)nc(-c2cccc3c2c2ccccc2n3-c2ccccc2)n1. The van der Waals surface area contributed by atoms with Crippen molar-refractivity contribution in [2.45, 2.75) is 0 Å². The van der Waals surface area contributed by atoms with Crippen LogP contribution in [0.5, 0.6) is 0 Å². The minimum atomic E-state index is -0.204. The molecule has 0 spiro atoms. The molecule has 0 fully saturated rings. The van der Waals surface area contributed by atoms with Gasteiger partial charge in [-0.25, -0.2) is 15.0 Å². The van der Waals surface area contributed by atoms with Crippen molar-refractivity contribution >= 4 is 65.6 Å². The third-order valence-corrected chi connectivity index (χ3v) is 11.9. The molecule has 4 heterocycles. The summed E-state index contributed by atoms with van der Waals surface area (Å²) in [4.78, 5) is 15.8. The highest BCUT2D eigenvalue weighted by Crippen LogP contribution is 2.42. The van der Waals surface area contributed by atoms with Gasteiger partial charge in [0, 0.05) is 60.3 Å². The second kappa shape index (κ2) is 14.0. The molecule has 13 rings (SSSR count). The van der Waals surface area contributed by atoms with Crippen LogP contribution in [0.4, 0.5) is 0 Å². The van der Waals surface area contributed by atoms with Gasteiger partial charge in [-0.2, -0.15) is 0 Å². The van der Waals surface area contributed by atoms with Crippen LogP contribution in [0.2, 0.25) is 0 Å². The molecule has 0 saturated carbocycles. The molecule has 0 amide bonds. The number of hydrogen-bond donors (Lipinski definition) is 0. The number of aromatic nitrogens is 5. The minimum Gasteiger partial charge on any atom is -0.455 e. The Labute approximate surface area is 370 Å². The summed E-state index contributed by atoms with van der Waals surface area (Å²) in [6, 6.07) is 55.9. The first kappa shape index (κ1) is 29.6.